The molecule has 0 fully saturated rings. The Labute approximate surface area is 93.7 Å². The van der Waals surface area contributed by atoms with Gasteiger partial charge in [-0.2, -0.15) is 0 Å². The molecule has 3 nitrogen and oxygen atoms in total. The van der Waals surface area contributed by atoms with Gasteiger partial charge in [0.25, 0.3) is 0 Å². The van der Waals surface area contributed by atoms with Crippen LogP contribution in [-0.4, -0.2) is 11.0 Å². The van der Waals surface area contributed by atoms with E-state index in [1.165, 1.54) is 12.3 Å². The topological polar surface area (TPSA) is 39.2 Å². The maximum Gasteiger partial charge on any atom is 0.344 e. The molecule has 3 heteroatoms. The van der Waals surface area contributed by atoms with Crippen LogP contribution in [0.3, 0.4) is 0 Å². The second-order valence-corrected chi connectivity index (χ2v) is 3.35. The molecule has 1 heterocycles. The van der Waals surface area contributed by atoms with Crippen molar-refractivity contribution < 1.29 is 9.53 Å². The highest BCUT2D eigenvalue weighted by Gasteiger charge is 2.08. The number of hydrogen-bond acceptors (Lipinski definition) is 3. The van der Waals surface area contributed by atoms with Crippen LogP contribution in [0.5, 0.6) is 5.88 Å². The number of rotatable bonds is 2. The maximum absolute atomic E-state index is 11.7. The standard InChI is InChI=1S/C13H10NO2/c1-10-5-4-6-11(9-10)13(15)16-12-7-2-3-8-14-12/h3-9H,1H3. The molecule has 0 spiro atoms. The molecule has 1 aromatic carbocycles. The van der Waals surface area contributed by atoms with E-state index in [0.29, 0.717) is 5.56 Å². The molecule has 1 radical (unpaired) electrons. The highest BCUT2D eigenvalue weighted by Crippen LogP contribution is 2.09. The van der Waals surface area contributed by atoms with Crippen molar-refractivity contribution in [2.75, 3.05) is 0 Å². The van der Waals surface area contributed by atoms with E-state index in [1.807, 2.05) is 19.1 Å². The summed E-state index contributed by atoms with van der Waals surface area (Å²) in [7, 11) is 0. The fraction of sp³-hybridized carbons (Fsp3) is 0.0769. The lowest BCUT2D eigenvalue weighted by atomic mass is 10.1. The van der Waals surface area contributed by atoms with Crippen LogP contribution in [0.2, 0.25) is 0 Å². The summed E-state index contributed by atoms with van der Waals surface area (Å²) in [5, 5.41) is 0. The molecule has 0 saturated heterocycles. The molecule has 0 N–H and O–H groups in total. The van der Waals surface area contributed by atoms with E-state index < -0.39 is 5.97 Å². The second-order valence-electron chi connectivity index (χ2n) is 3.35. The van der Waals surface area contributed by atoms with Crippen LogP contribution in [0.15, 0.2) is 42.6 Å². The molecule has 16 heavy (non-hydrogen) atoms. The number of carbonyl (C=O) groups is 1. The SMILES string of the molecule is Cc1cccc(C(=O)Oc2c[c]ccn2)c1. The summed E-state index contributed by atoms with van der Waals surface area (Å²) in [6, 6.07) is 13.2. The summed E-state index contributed by atoms with van der Waals surface area (Å²) < 4.78 is 5.07. The molecule has 0 bridgehead atoms. The molecular formula is C13H10NO2. The molecular weight excluding hydrogens is 202 g/mol. The quantitative estimate of drug-likeness (QED) is 0.717. The lowest BCUT2D eigenvalue weighted by Gasteiger charge is -2.03. The Morgan fingerprint density at radius 1 is 1.44 bits per heavy atom. The second kappa shape index (κ2) is 4.57. The summed E-state index contributed by atoms with van der Waals surface area (Å²) in [4.78, 5) is 15.6. The third-order valence-electron chi connectivity index (χ3n) is 2.03. The van der Waals surface area contributed by atoms with Crippen LogP contribution in [-0.2, 0) is 0 Å². The van der Waals surface area contributed by atoms with Crippen LogP contribution in [0, 0.1) is 13.0 Å². The minimum atomic E-state index is -0.407. The van der Waals surface area contributed by atoms with Crippen LogP contribution >= 0.6 is 0 Å². The number of carbonyl (C=O) groups excluding carboxylic acids is 1. The van der Waals surface area contributed by atoms with Crippen molar-refractivity contribution in [3.63, 3.8) is 0 Å². The molecule has 2 rings (SSSR count). The number of pyridine rings is 1. The number of nitrogens with zero attached hydrogens (tertiary/aromatic N) is 1. The van der Waals surface area contributed by atoms with Crippen molar-refractivity contribution in [1.29, 1.82) is 0 Å². The zero-order valence-corrected chi connectivity index (χ0v) is 8.81. The van der Waals surface area contributed by atoms with E-state index in [4.69, 9.17) is 4.74 Å². The van der Waals surface area contributed by atoms with Crippen molar-refractivity contribution in [2.45, 2.75) is 6.92 Å². The summed E-state index contributed by atoms with van der Waals surface area (Å²) in [5.41, 5.74) is 1.53. The Morgan fingerprint density at radius 2 is 2.31 bits per heavy atom. The average molecular weight is 212 g/mol. The van der Waals surface area contributed by atoms with E-state index in [9.17, 15) is 4.79 Å². The van der Waals surface area contributed by atoms with Gasteiger partial charge in [0.2, 0.25) is 5.88 Å². The Morgan fingerprint density at radius 3 is 3.00 bits per heavy atom. The lowest BCUT2D eigenvalue weighted by molar-refractivity contribution is 0.0727. The number of ether oxygens (including phenoxy) is 1. The third kappa shape index (κ3) is 2.45. The molecule has 0 atom stereocenters. The molecule has 0 aliphatic rings. The minimum absolute atomic E-state index is 0.258. The van der Waals surface area contributed by atoms with Crippen molar-refractivity contribution in [1.82, 2.24) is 4.98 Å². The predicted molar refractivity (Wildman–Crippen MR) is 59.2 cm³/mol. The van der Waals surface area contributed by atoms with Crippen molar-refractivity contribution in [2.24, 2.45) is 0 Å². The zero-order chi connectivity index (χ0) is 11.4. The Balaban J connectivity index is 2.15. The first-order chi connectivity index (χ1) is 7.75. The van der Waals surface area contributed by atoms with Gasteiger partial charge in [-0.15, -0.1) is 0 Å². The average Bonchev–Trinajstić information content (AvgIpc) is 2.30. The first kappa shape index (κ1) is 10.4. The molecule has 79 valence electrons. The molecule has 0 aliphatic heterocycles. The van der Waals surface area contributed by atoms with Gasteiger partial charge in [-0.3, -0.25) is 0 Å². The fourth-order valence-corrected chi connectivity index (χ4v) is 1.29. The number of aromatic nitrogens is 1. The first-order valence-electron chi connectivity index (χ1n) is 4.86. The van der Waals surface area contributed by atoms with Gasteiger partial charge in [-0.25, -0.2) is 9.78 Å². The molecule has 2 aromatic rings. The van der Waals surface area contributed by atoms with Gasteiger partial charge >= 0.3 is 5.97 Å². The molecule has 0 amide bonds. The number of hydrogen-bond donors (Lipinski definition) is 0. The molecule has 1 aromatic heterocycles. The third-order valence-corrected chi connectivity index (χ3v) is 2.03. The normalized spacial score (nSPS) is 9.81. The van der Waals surface area contributed by atoms with Crippen LogP contribution in [0.1, 0.15) is 15.9 Å². The molecule has 0 aliphatic carbocycles. The van der Waals surface area contributed by atoms with Crippen molar-refractivity contribution in [3.05, 3.63) is 59.8 Å². The largest absolute Gasteiger partial charge is 0.404 e. The monoisotopic (exact) mass is 212 g/mol. The Bertz CT molecular complexity index is 494. The minimum Gasteiger partial charge on any atom is -0.404 e. The highest BCUT2D eigenvalue weighted by atomic mass is 16.5. The predicted octanol–water partition coefficient (Wildman–Crippen LogP) is 2.41. The number of aryl methyl sites for hydroxylation is 1. The van der Waals surface area contributed by atoms with Gasteiger partial charge in [0.15, 0.2) is 0 Å². The Kier molecular flexibility index (Phi) is 2.96. The molecule has 0 unspecified atom stereocenters. The lowest BCUT2D eigenvalue weighted by Crippen LogP contribution is -2.09. The van der Waals surface area contributed by atoms with Gasteiger partial charge in [-0.05, 0) is 31.2 Å². The van der Waals surface area contributed by atoms with Crippen LogP contribution in [0.25, 0.3) is 0 Å². The van der Waals surface area contributed by atoms with Crippen molar-refractivity contribution >= 4 is 5.97 Å². The van der Waals surface area contributed by atoms with E-state index in [0.717, 1.165) is 5.56 Å². The number of benzene rings is 1. The smallest absolute Gasteiger partial charge is 0.344 e. The summed E-state index contributed by atoms with van der Waals surface area (Å²) >= 11 is 0. The van der Waals surface area contributed by atoms with Gasteiger partial charge in [0.1, 0.15) is 0 Å². The maximum atomic E-state index is 11.7. The van der Waals surface area contributed by atoms with Crippen molar-refractivity contribution in [3.8, 4) is 5.88 Å². The number of esters is 1. The van der Waals surface area contributed by atoms with E-state index in [1.54, 1.807) is 18.2 Å². The van der Waals surface area contributed by atoms with Gasteiger partial charge < -0.3 is 4.74 Å². The summed E-state index contributed by atoms with van der Waals surface area (Å²) in [6.07, 6.45) is 1.53. The highest BCUT2D eigenvalue weighted by molar-refractivity contribution is 5.90. The van der Waals surface area contributed by atoms with Gasteiger partial charge in [-0.1, -0.05) is 17.7 Å². The summed E-state index contributed by atoms with van der Waals surface area (Å²) in [6.45, 7) is 1.92. The Hall–Kier alpha value is -2.16. The van der Waals surface area contributed by atoms with Gasteiger partial charge in [0.05, 0.1) is 5.56 Å². The van der Waals surface area contributed by atoms with Gasteiger partial charge in [0, 0.05) is 12.3 Å². The first-order valence-corrected chi connectivity index (χ1v) is 4.86. The zero-order valence-electron chi connectivity index (χ0n) is 8.81. The van der Waals surface area contributed by atoms with Crippen LogP contribution in [0.4, 0.5) is 0 Å². The van der Waals surface area contributed by atoms with Crippen LogP contribution < -0.4 is 4.74 Å². The summed E-state index contributed by atoms with van der Waals surface area (Å²) in [5.74, 6) is -0.148. The van der Waals surface area contributed by atoms with E-state index in [-0.39, 0.29) is 5.88 Å². The molecule has 0 saturated carbocycles. The van der Waals surface area contributed by atoms with E-state index in [2.05, 4.69) is 11.1 Å². The van der Waals surface area contributed by atoms with E-state index >= 15 is 0 Å². The fourth-order valence-electron chi connectivity index (χ4n) is 1.29.